The van der Waals surface area contributed by atoms with E-state index in [0.29, 0.717) is 18.1 Å². The van der Waals surface area contributed by atoms with Crippen LogP contribution in [-0.2, 0) is 4.79 Å². The second-order valence-electron chi connectivity index (χ2n) is 8.52. The average Bonchev–Trinajstić information content (AvgIpc) is 3.13. The van der Waals surface area contributed by atoms with Crippen LogP contribution in [0.5, 0.6) is 0 Å². The molecule has 0 bridgehead atoms. The fourth-order valence-corrected chi connectivity index (χ4v) is 3.34. The first-order valence-corrected chi connectivity index (χ1v) is 9.11. The summed E-state index contributed by atoms with van der Waals surface area (Å²) in [6.07, 6.45) is 1.30. The Morgan fingerprint density at radius 3 is 2.65 bits per heavy atom. The zero-order valence-electron chi connectivity index (χ0n) is 16.2. The van der Waals surface area contributed by atoms with Gasteiger partial charge in [-0.15, -0.1) is 0 Å². The van der Waals surface area contributed by atoms with Crippen LogP contribution in [0.4, 0.5) is 0 Å². The molecule has 2 atom stereocenters. The molecular formula is C20H28N4O2. The van der Waals surface area contributed by atoms with Crippen LogP contribution >= 0.6 is 0 Å². The summed E-state index contributed by atoms with van der Waals surface area (Å²) in [7, 11) is 2.02. The molecule has 26 heavy (non-hydrogen) atoms. The molecule has 0 radical (unpaired) electrons. The SMILES string of the molecule is Cc1ccc(-c2noc([C@@H]3C[C@H](NC(=O)CC(C)(C)C)CN3C)n2)cc1. The number of likely N-dealkylation sites (N-methyl/N-ethyl adjacent to an activating group) is 1. The predicted octanol–water partition coefficient (Wildman–Crippen LogP) is 3.34. The molecule has 2 aromatic rings. The molecule has 2 heterocycles. The van der Waals surface area contributed by atoms with Crippen LogP contribution in [0.1, 0.15) is 51.1 Å². The van der Waals surface area contributed by atoms with Crippen LogP contribution in [0.3, 0.4) is 0 Å². The number of carbonyl (C=O) groups is 1. The van der Waals surface area contributed by atoms with Gasteiger partial charge in [-0.2, -0.15) is 4.98 Å². The first-order chi connectivity index (χ1) is 12.2. The number of nitrogens with one attached hydrogen (secondary N) is 1. The molecule has 3 rings (SSSR count). The van der Waals surface area contributed by atoms with E-state index < -0.39 is 0 Å². The minimum Gasteiger partial charge on any atom is -0.352 e. The summed E-state index contributed by atoms with van der Waals surface area (Å²) in [6, 6.07) is 8.20. The highest BCUT2D eigenvalue weighted by Crippen LogP contribution is 2.31. The Labute approximate surface area is 155 Å². The summed E-state index contributed by atoms with van der Waals surface area (Å²) < 4.78 is 5.52. The molecule has 0 spiro atoms. The highest BCUT2D eigenvalue weighted by molar-refractivity contribution is 5.77. The van der Waals surface area contributed by atoms with Crippen molar-refractivity contribution in [2.75, 3.05) is 13.6 Å². The van der Waals surface area contributed by atoms with Crippen molar-refractivity contribution in [2.45, 2.75) is 52.6 Å². The third-order valence-electron chi connectivity index (χ3n) is 4.64. The van der Waals surface area contributed by atoms with Gasteiger partial charge in [-0.3, -0.25) is 9.69 Å². The molecule has 1 amide bonds. The Bertz CT molecular complexity index is 761. The topological polar surface area (TPSA) is 71.3 Å². The molecule has 0 saturated carbocycles. The summed E-state index contributed by atoms with van der Waals surface area (Å²) in [5.41, 5.74) is 2.13. The van der Waals surface area contributed by atoms with E-state index in [1.54, 1.807) is 0 Å². The molecule has 140 valence electrons. The maximum absolute atomic E-state index is 12.2. The van der Waals surface area contributed by atoms with Gasteiger partial charge in [-0.05, 0) is 25.8 Å². The van der Waals surface area contributed by atoms with Crippen molar-refractivity contribution < 1.29 is 9.32 Å². The van der Waals surface area contributed by atoms with Gasteiger partial charge in [0.1, 0.15) is 0 Å². The molecule has 1 saturated heterocycles. The predicted molar refractivity (Wildman–Crippen MR) is 100 cm³/mol. The summed E-state index contributed by atoms with van der Waals surface area (Å²) in [6.45, 7) is 9.04. The molecule has 0 aliphatic carbocycles. The zero-order chi connectivity index (χ0) is 18.9. The summed E-state index contributed by atoms with van der Waals surface area (Å²) in [5, 5.41) is 7.27. The van der Waals surface area contributed by atoms with Gasteiger partial charge in [0, 0.05) is 24.6 Å². The smallest absolute Gasteiger partial charge is 0.244 e. The number of amides is 1. The minimum atomic E-state index is -0.0105. The van der Waals surface area contributed by atoms with Crippen molar-refractivity contribution in [3.63, 3.8) is 0 Å². The first kappa shape index (κ1) is 18.6. The van der Waals surface area contributed by atoms with Crippen LogP contribution in [0.2, 0.25) is 0 Å². The fraction of sp³-hybridized carbons (Fsp3) is 0.550. The number of nitrogens with zero attached hydrogens (tertiary/aromatic N) is 3. The van der Waals surface area contributed by atoms with Gasteiger partial charge in [0.15, 0.2) is 0 Å². The zero-order valence-corrected chi connectivity index (χ0v) is 16.2. The van der Waals surface area contributed by atoms with Crippen molar-refractivity contribution in [1.29, 1.82) is 0 Å². The second-order valence-corrected chi connectivity index (χ2v) is 8.52. The van der Waals surface area contributed by atoms with Crippen LogP contribution in [0, 0.1) is 12.3 Å². The maximum Gasteiger partial charge on any atom is 0.244 e. The van der Waals surface area contributed by atoms with E-state index >= 15 is 0 Å². The normalized spacial score (nSPS) is 21.1. The molecule has 6 heteroatoms. The van der Waals surface area contributed by atoms with Gasteiger partial charge in [-0.1, -0.05) is 55.8 Å². The van der Waals surface area contributed by atoms with E-state index in [-0.39, 0.29) is 23.4 Å². The van der Waals surface area contributed by atoms with Crippen molar-refractivity contribution >= 4 is 5.91 Å². The van der Waals surface area contributed by atoms with Crippen LogP contribution in [-0.4, -0.2) is 40.6 Å². The van der Waals surface area contributed by atoms with Gasteiger partial charge in [0.05, 0.1) is 6.04 Å². The van der Waals surface area contributed by atoms with Crippen molar-refractivity contribution in [3.05, 3.63) is 35.7 Å². The molecule has 1 aliphatic heterocycles. The lowest BCUT2D eigenvalue weighted by Crippen LogP contribution is -2.38. The van der Waals surface area contributed by atoms with E-state index in [1.165, 1.54) is 5.56 Å². The molecule has 1 aliphatic rings. The average molecular weight is 356 g/mol. The summed E-state index contributed by atoms with van der Waals surface area (Å²) >= 11 is 0. The lowest BCUT2D eigenvalue weighted by molar-refractivity contribution is -0.123. The number of benzene rings is 1. The maximum atomic E-state index is 12.2. The Hall–Kier alpha value is -2.21. The van der Waals surface area contributed by atoms with Gasteiger partial charge >= 0.3 is 0 Å². The number of rotatable bonds is 4. The van der Waals surface area contributed by atoms with Gasteiger partial charge in [0.2, 0.25) is 17.6 Å². The van der Waals surface area contributed by atoms with Crippen molar-refractivity contribution in [2.24, 2.45) is 5.41 Å². The minimum absolute atomic E-state index is 0.0105. The molecule has 1 N–H and O–H groups in total. The molecule has 1 aromatic carbocycles. The van der Waals surface area contributed by atoms with Crippen molar-refractivity contribution in [3.8, 4) is 11.4 Å². The van der Waals surface area contributed by atoms with Crippen LogP contribution < -0.4 is 5.32 Å². The molecule has 1 fully saturated rings. The molecular weight excluding hydrogens is 328 g/mol. The highest BCUT2D eigenvalue weighted by atomic mass is 16.5. The third kappa shape index (κ3) is 4.49. The molecule has 0 unspecified atom stereocenters. The third-order valence-corrected chi connectivity index (χ3v) is 4.64. The van der Waals surface area contributed by atoms with Gasteiger partial charge in [0.25, 0.3) is 0 Å². The lowest BCUT2D eigenvalue weighted by atomic mass is 9.92. The highest BCUT2D eigenvalue weighted by Gasteiger charge is 2.35. The van der Waals surface area contributed by atoms with E-state index in [2.05, 4.69) is 41.1 Å². The summed E-state index contributed by atoms with van der Waals surface area (Å²) in [4.78, 5) is 18.9. The van der Waals surface area contributed by atoms with Gasteiger partial charge < -0.3 is 9.84 Å². The monoisotopic (exact) mass is 356 g/mol. The van der Waals surface area contributed by atoms with Crippen LogP contribution in [0.15, 0.2) is 28.8 Å². The van der Waals surface area contributed by atoms with Gasteiger partial charge in [-0.25, -0.2) is 0 Å². The quantitative estimate of drug-likeness (QED) is 0.910. The molecule has 6 nitrogen and oxygen atoms in total. The number of carbonyl (C=O) groups excluding carboxylic acids is 1. The fourth-order valence-electron chi connectivity index (χ4n) is 3.34. The van der Waals surface area contributed by atoms with E-state index in [9.17, 15) is 4.79 Å². The Balaban J connectivity index is 1.65. The number of likely N-dealkylation sites (tertiary alicyclic amines) is 1. The Morgan fingerprint density at radius 1 is 1.31 bits per heavy atom. The Kier molecular flexibility index (Phi) is 5.14. The van der Waals surface area contributed by atoms with E-state index in [0.717, 1.165) is 18.5 Å². The number of hydrogen-bond acceptors (Lipinski definition) is 5. The van der Waals surface area contributed by atoms with E-state index in [1.807, 2.05) is 38.2 Å². The largest absolute Gasteiger partial charge is 0.352 e. The standard InChI is InChI=1S/C20H28N4O2/c1-13-6-8-14(9-7-13)18-22-19(26-23-18)16-10-15(12-24(16)5)21-17(25)11-20(2,3)4/h6-9,15-16H,10-12H2,1-5H3,(H,21,25)/t15-,16-/m0/s1. The number of aryl methyl sites for hydroxylation is 1. The molecule has 1 aromatic heterocycles. The lowest BCUT2D eigenvalue weighted by Gasteiger charge is -2.19. The number of hydrogen-bond donors (Lipinski definition) is 1. The second kappa shape index (κ2) is 7.19. The van der Waals surface area contributed by atoms with Crippen molar-refractivity contribution in [1.82, 2.24) is 20.4 Å². The summed E-state index contributed by atoms with van der Waals surface area (Å²) in [5.74, 6) is 1.31. The van der Waals surface area contributed by atoms with Crippen LogP contribution in [0.25, 0.3) is 11.4 Å². The Morgan fingerprint density at radius 2 is 2.00 bits per heavy atom. The van der Waals surface area contributed by atoms with E-state index in [4.69, 9.17) is 4.52 Å². The first-order valence-electron chi connectivity index (χ1n) is 9.11. The number of aromatic nitrogens is 2.